The first-order valence-corrected chi connectivity index (χ1v) is 6.13. The highest BCUT2D eigenvalue weighted by molar-refractivity contribution is 5.95. The van der Waals surface area contributed by atoms with Crippen molar-refractivity contribution in [3.63, 3.8) is 0 Å². The van der Waals surface area contributed by atoms with Crippen molar-refractivity contribution in [3.05, 3.63) is 29.8 Å². The lowest BCUT2D eigenvalue weighted by Crippen LogP contribution is -2.39. The van der Waals surface area contributed by atoms with Crippen LogP contribution in [0.4, 0.5) is 5.69 Å². The minimum Gasteiger partial charge on any atom is -0.481 e. The van der Waals surface area contributed by atoms with Gasteiger partial charge in [-0.3, -0.25) is 9.59 Å². The topological polar surface area (TPSA) is 60.9 Å². The van der Waals surface area contributed by atoms with Crippen LogP contribution in [0.25, 0.3) is 0 Å². The number of rotatable bonds is 6. The minimum atomic E-state index is -0.908. The van der Waals surface area contributed by atoms with E-state index in [1.165, 1.54) is 4.90 Å². The molecule has 5 heteroatoms. The zero-order valence-electron chi connectivity index (χ0n) is 11.6. The third-order valence-corrected chi connectivity index (χ3v) is 2.65. The van der Waals surface area contributed by atoms with Crippen LogP contribution in [-0.2, 0) is 9.59 Å². The Bertz CT molecular complexity index is 441. The number of carboxylic acids is 1. The molecule has 1 aromatic rings. The molecule has 0 atom stereocenters. The van der Waals surface area contributed by atoms with E-state index in [-0.39, 0.29) is 25.4 Å². The summed E-state index contributed by atoms with van der Waals surface area (Å²) in [7, 11) is 3.62. The predicted molar refractivity (Wildman–Crippen MR) is 74.3 cm³/mol. The van der Waals surface area contributed by atoms with Gasteiger partial charge in [0.2, 0.25) is 5.91 Å². The highest BCUT2D eigenvalue weighted by Crippen LogP contribution is 2.16. The number of benzene rings is 1. The van der Waals surface area contributed by atoms with Gasteiger partial charge < -0.3 is 14.9 Å². The molecule has 0 bridgehead atoms. The van der Waals surface area contributed by atoms with Gasteiger partial charge in [-0.1, -0.05) is 17.7 Å². The number of hydrogen-bond donors (Lipinski definition) is 1. The lowest BCUT2D eigenvalue weighted by atomic mass is 10.2. The lowest BCUT2D eigenvalue weighted by molar-refractivity contribution is -0.136. The van der Waals surface area contributed by atoms with Crippen LogP contribution in [0.3, 0.4) is 0 Å². The second-order valence-corrected chi connectivity index (χ2v) is 4.76. The van der Waals surface area contributed by atoms with Crippen LogP contribution < -0.4 is 4.90 Å². The SMILES string of the molecule is Cc1ccc(N(CCC(=O)O)C(=O)CN(C)C)cc1. The largest absolute Gasteiger partial charge is 0.481 e. The van der Waals surface area contributed by atoms with Gasteiger partial charge in [-0.05, 0) is 33.2 Å². The standard InChI is InChI=1S/C14H20N2O3/c1-11-4-6-12(7-5-11)16(9-8-14(18)19)13(17)10-15(2)3/h4-7H,8-10H2,1-3H3,(H,18,19). The number of carbonyl (C=O) groups is 2. The van der Waals surface area contributed by atoms with E-state index in [2.05, 4.69) is 0 Å². The Labute approximate surface area is 113 Å². The number of carboxylic acid groups (broad SMARTS) is 1. The molecular formula is C14H20N2O3. The van der Waals surface area contributed by atoms with Crippen molar-refractivity contribution in [2.24, 2.45) is 0 Å². The first-order chi connectivity index (χ1) is 8.90. The second-order valence-electron chi connectivity index (χ2n) is 4.76. The van der Waals surface area contributed by atoms with E-state index in [0.29, 0.717) is 0 Å². The Morgan fingerprint density at radius 2 is 1.74 bits per heavy atom. The van der Waals surface area contributed by atoms with Crippen LogP contribution in [0, 0.1) is 6.92 Å². The molecule has 0 saturated heterocycles. The van der Waals surface area contributed by atoms with Crippen LogP contribution in [0.1, 0.15) is 12.0 Å². The average molecular weight is 264 g/mol. The van der Waals surface area contributed by atoms with E-state index in [4.69, 9.17) is 5.11 Å². The number of likely N-dealkylation sites (N-methyl/N-ethyl adjacent to an activating group) is 1. The van der Waals surface area contributed by atoms with Gasteiger partial charge in [0, 0.05) is 12.2 Å². The molecule has 0 radical (unpaired) electrons. The van der Waals surface area contributed by atoms with E-state index in [0.717, 1.165) is 11.3 Å². The van der Waals surface area contributed by atoms with Gasteiger partial charge in [0.15, 0.2) is 0 Å². The third-order valence-electron chi connectivity index (χ3n) is 2.65. The fourth-order valence-electron chi connectivity index (χ4n) is 1.69. The van der Waals surface area contributed by atoms with Gasteiger partial charge >= 0.3 is 5.97 Å². The van der Waals surface area contributed by atoms with Crippen LogP contribution in [-0.4, -0.2) is 49.1 Å². The lowest BCUT2D eigenvalue weighted by Gasteiger charge is -2.24. The molecule has 5 nitrogen and oxygen atoms in total. The van der Waals surface area contributed by atoms with E-state index < -0.39 is 5.97 Å². The zero-order valence-corrected chi connectivity index (χ0v) is 11.6. The number of nitrogens with zero attached hydrogens (tertiary/aromatic N) is 2. The number of anilines is 1. The molecule has 0 aliphatic heterocycles. The fraction of sp³-hybridized carbons (Fsp3) is 0.429. The Morgan fingerprint density at radius 1 is 1.16 bits per heavy atom. The predicted octanol–water partition coefficient (Wildman–Crippen LogP) is 1.36. The summed E-state index contributed by atoms with van der Waals surface area (Å²) in [5, 5.41) is 8.77. The van der Waals surface area contributed by atoms with Crippen molar-refractivity contribution in [1.29, 1.82) is 0 Å². The van der Waals surface area contributed by atoms with Gasteiger partial charge in [0.25, 0.3) is 0 Å². The van der Waals surface area contributed by atoms with Crippen molar-refractivity contribution in [2.45, 2.75) is 13.3 Å². The zero-order chi connectivity index (χ0) is 14.4. The summed E-state index contributed by atoms with van der Waals surface area (Å²) in [5.41, 5.74) is 1.83. The Kier molecular flexibility index (Phi) is 5.51. The molecule has 19 heavy (non-hydrogen) atoms. The van der Waals surface area contributed by atoms with Gasteiger partial charge in [-0.25, -0.2) is 0 Å². The molecule has 0 spiro atoms. The summed E-state index contributed by atoms with van der Waals surface area (Å²) in [6, 6.07) is 7.49. The van der Waals surface area contributed by atoms with Gasteiger partial charge in [0.05, 0.1) is 13.0 Å². The second kappa shape index (κ2) is 6.89. The molecule has 0 aliphatic rings. The summed E-state index contributed by atoms with van der Waals surface area (Å²) in [5.74, 6) is -1.01. The smallest absolute Gasteiger partial charge is 0.305 e. The van der Waals surface area contributed by atoms with Crippen molar-refractivity contribution < 1.29 is 14.7 Å². The maximum absolute atomic E-state index is 12.1. The normalized spacial score (nSPS) is 10.5. The number of aliphatic carboxylic acids is 1. The Balaban J connectivity index is 2.87. The summed E-state index contributed by atoms with van der Waals surface area (Å²) in [4.78, 5) is 26.1. The minimum absolute atomic E-state index is 0.0625. The van der Waals surface area contributed by atoms with Crippen LogP contribution in [0.2, 0.25) is 0 Å². The van der Waals surface area contributed by atoms with E-state index in [1.54, 1.807) is 4.90 Å². The molecule has 0 fully saturated rings. The van der Waals surface area contributed by atoms with Crippen molar-refractivity contribution in [1.82, 2.24) is 4.90 Å². The molecule has 0 saturated carbocycles. The van der Waals surface area contributed by atoms with Crippen LogP contribution in [0.5, 0.6) is 0 Å². The molecule has 1 N–H and O–H groups in total. The molecule has 0 aliphatic carbocycles. The fourth-order valence-corrected chi connectivity index (χ4v) is 1.69. The van der Waals surface area contributed by atoms with E-state index in [1.807, 2.05) is 45.3 Å². The summed E-state index contributed by atoms with van der Waals surface area (Å²) >= 11 is 0. The van der Waals surface area contributed by atoms with Crippen molar-refractivity contribution >= 4 is 17.6 Å². The summed E-state index contributed by atoms with van der Waals surface area (Å²) in [6.45, 7) is 2.41. The highest BCUT2D eigenvalue weighted by Gasteiger charge is 2.17. The summed E-state index contributed by atoms with van der Waals surface area (Å²) in [6.07, 6.45) is -0.0625. The maximum Gasteiger partial charge on any atom is 0.305 e. The molecule has 1 aromatic carbocycles. The number of hydrogen-bond acceptors (Lipinski definition) is 3. The first kappa shape index (κ1) is 15.2. The van der Waals surface area contributed by atoms with Crippen LogP contribution >= 0.6 is 0 Å². The van der Waals surface area contributed by atoms with E-state index >= 15 is 0 Å². The van der Waals surface area contributed by atoms with Gasteiger partial charge in [0.1, 0.15) is 0 Å². The van der Waals surface area contributed by atoms with Gasteiger partial charge in [-0.15, -0.1) is 0 Å². The van der Waals surface area contributed by atoms with Crippen LogP contribution in [0.15, 0.2) is 24.3 Å². The molecule has 1 amide bonds. The number of aryl methyl sites for hydroxylation is 1. The van der Waals surface area contributed by atoms with Crippen molar-refractivity contribution in [3.8, 4) is 0 Å². The van der Waals surface area contributed by atoms with Crippen molar-refractivity contribution in [2.75, 3.05) is 32.1 Å². The third kappa shape index (κ3) is 5.09. The molecule has 0 unspecified atom stereocenters. The molecule has 1 rings (SSSR count). The average Bonchev–Trinajstić information content (AvgIpc) is 2.30. The summed E-state index contributed by atoms with van der Waals surface area (Å²) < 4.78 is 0. The number of amides is 1. The molecule has 104 valence electrons. The molecule has 0 heterocycles. The monoisotopic (exact) mass is 264 g/mol. The van der Waals surface area contributed by atoms with Gasteiger partial charge in [-0.2, -0.15) is 0 Å². The first-order valence-electron chi connectivity index (χ1n) is 6.13. The number of carbonyl (C=O) groups excluding carboxylic acids is 1. The highest BCUT2D eigenvalue weighted by atomic mass is 16.4. The molecular weight excluding hydrogens is 244 g/mol. The Hall–Kier alpha value is -1.88. The Morgan fingerprint density at radius 3 is 2.21 bits per heavy atom. The molecule has 0 aromatic heterocycles. The quantitative estimate of drug-likeness (QED) is 0.843. The van der Waals surface area contributed by atoms with E-state index in [9.17, 15) is 9.59 Å². The maximum atomic E-state index is 12.1.